The van der Waals surface area contributed by atoms with E-state index in [4.69, 9.17) is 9.47 Å². The minimum absolute atomic E-state index is 0.0857. The Hall–Kier alpha value is 0.400. The van der Waals surface area contributed by atoms with Crippen molar-refractivity contribution in [2.24, 2.45) is 0 Å². The summed E-state index contributed by atoms with van der Waals surface area (Å²) in [5, 5.41) is 0.896. The zero-order chi connectivity index (χ0) is 6.53. The minimum atomic E-state index is 0.0857. The van der Waals surface area contributed by atoms with E-state index in [0.717, 1.165) is 31.4 Å². The van der Waals surface area contributed by atoms with E-state index in [-0.39, 0.29) is 6.29 Å². The summed E-state index contributed by atoms with van der Waals surface area (Å²) in [6, 6.07) is 0. The van der Waals surface area contributed by atoms with E-state index in [1.165, 1.54) is 0 Å². The zero-order valence-corrected chi connectivity index (χ0v) is 6.89. The number of hydrogen-bond acceptors (Lipinski definition) is 2. The van der Waals surface area contributed by atoms with Gasteiger partial charge in [0.2, 0.25) is 0 Å². The van der Waals surface area contributed by atoms with Gasteiger partial charge in [-0.15, -0.1) is 0 Å². The Morgan fingerprint density at radius 3 is 3.11 bits per heavy atom. The smallest absolute Gasteiger partial charge is 0.157 e. The molecule has 3 heteroatoms. The van der Waals surface area contributed by atoms with E-state index in [1.54, 1.807) is 0 Å². The lowest BCUT2D eigenvalue weighted by Crippen LogP contribution is -2.11. The molecule has 0 N–H and O–H groups in total. The highest BCUT2D eigenvalue weighted by molar-refractivity contribution is 9.09. The Balaban J connectivity index is 1.98. The number of rotatable bonds is 3. The third kappa shape index (κ3) is 2.65. The van der Waals surface area contributed by atoms with Crippen LogP contribution in [0.2, 0.25) is 0 Å². The first kappa shape index (κ1) is 7.51. The maximum absolute atomic E-state index is 5.28. The summed E-state index contributed by atoms with van der Waals surface area (Å²) in [5.41, 5.74) is 0. The molecular weight excluding hydrogens is 184 g/mol. The number of ether oxygens (including phenoxy) is 2. The van der Waals surface area contributed by atoms with Gasteiger partial charge in [0.15, 0.2) is 6.29 Å². The molecule has 1 atom stereocenters. The molecule has 54 valence electrons. The summed E-state index contributed by atoms with van der Waals surface area (Å²) in [6.07, 6.45) is 2.29. The van der Waals surface area contributed by atoms with Crippen molar-refractivity contribution in [1.82, 2.24) is 0 Å². The summed E-state index contributed by atoms with van der Waals surface area (Å²) in [5.74, 6) is 0. The molecule has 1 rings (SSSR count). The molecule has 1 unspecified atom stereocenters. The van der Waals surface area contributed by atoms with Gasteiger partial charge in [-0.05, 0) is 6.42 Å². The van der Waals surface area contributed by atoms with Crippen LogP contribution in [0.4, 0.5) is 0 Å². The summed E-state index contributed by atoms with van der Waals surface area (Å²) < 4.78 is 10.5. The summed E-state index contributed by atoms with van der Waals surface area (Å²) >= 11 is 3.28. The molecule has 1 aliphatic rings. The molecule has 2 nitrogen and oxygen atoms in total. The molecule has 9 heavy (non-hydrogen) atoms. The lowest BCUT2D eigenvalue weighted by Gasteiger charge is -2.08. The van der Waals surface area contributed by atoms with Gasteiger partial charge in [-0.2, -0.15) is 0 Å². The van der Waals surface area contributed by atoms with Crippen molar-refractivity contribution < 1.29 is 9.47 Å². The summed E-state index contributed by atoms with van der Waals surface area (Å²) in [4.78, 5) is 0. The Morgan fingerprint density at radius 2 is 2.56 bits per heavy atom. The van der Waals surface area contributed by atoms with Crippen molar-refractivity contribution in [2.45, 2.75) is 19.1 Å². The monoisotopic (exact) mass is 194 g/mol. The third-order valence-corrected chi connectivity index (χ3v) is 1.59. The molecule has 0 aromatic rings. The van der Waals surface area contributed by atoms with Crippen molar-refractivity contribution in [2.75, 3.05) is 18.5 Å². The molecule has 0 saturated carbocycles. The molecule has 1 aliphatic heterocycles. The van der Waals surface area contributed by atoms with Crippen molar-refractivity contribution >= 4 is 15.9 Å². The van der Waals surface area contributed by atoms with Gasteiger partial charge in [0.05, 0.1) is 6.61 Å². The highest BCUT2D eigenvalue weighted by Crippen LogP contribution is 2.12. The largest absolute Gasteiger partial charge is 0.353 e. The minimum Gasteiger partial charge on any atom is -0.353 e. The van der Waals surface area contributed by atoms with E-state index >= 15 is 0 Å². The molecule has 0 amide bonds. The van der Waals surface area contributed by atoms with Crippen LogP contribution in [0.1, 0.15) is 12.8 Å². The maximum Gasteiger partial charge on any atom is 0.157 e. The molecule has 0 aromatic heterocycles. The Kier molecular flexibility index (Phi) is 3.55. The number of hydrogen-bond donors (Lipinski definition) is 0. The normalized spacial score (nSPS) is 27.0. The predicted octanol–water partition coefficient (Wildman–Crippen LogP) is 1.53. The molecule has 0 bridgehead atoms. The molecule has 0 aliphatic carbocycles. The lowest BCUT2D eigenvalue weighted by atomic mass is 10.4. The highest BCUT2D eigenvalue weighted by atomic mass is 79.9. The second-order valence-electron chi connectivity index (χ2n) is 2.00. The standard InChI is InChI=1S/C6H11BrO2/c7-3-5-9-6-2-1-4-8-6/h6H,1-5H2. The Labute approximate surface area is 63.7 Å². The van der Waals surface area contributed by atoms with Gasteiger partial charge in [-0.25, -0.2) is 0 Å². The van der Waals surface area contributed by atoms with Crippen LogP contribution in [0.3, 0.4) is 0 Å². The van der Waals surface area contributed by atoms with Gasteiger partial charge < -0.3 is 9.47 Å². The zero-order valence-electron chi connectivity index (χ0n) is 5.31. The predicted molar refractivity (Wildman–Crippen MR) is 38.7 cm³/mol. The van der Waals surface area contributed by atoms with E-state index in [2.05, 4.69) is 15.9 Å². The lowest BCUT2D eigenvalue weighted by molar-refractivity contribution is -0.105. The first-order chi connectivity index (χ1) is 4.43. The topological polar surface area (TPSA) is 18.5 Å². The van der Waals surface area contributed by atoms with E-state index in [0.29, 0.717) is 0 Å². The van der Waals surface area contributed by atoms with Crippen LogP contribution in [0.25, 0.3) is 0 Å². The van der Waals surface area contributed by atoms with Crippen molar-refractivity contribution in [3.8, 4) is 0 Å². The second-order valence-corrected chi connectivity index (χ2v) is 2.80. The molecule has 1 saturated heterocycles. The van der Waals surface area contributed by atoms with E-state index < -0.39 is 0 Å². The SMILES string of the molecule is BrCCOC1CCCO1. The van der Waals surface area contributed by atoms with Crippen LogP contribution in [0.5, 0.6) is 0 Å². The number of alkyl halides is 1. The van der Waals surface area contributed by atoms with Crippen molar-refractivity contribution in [1.29, 1.82) is 0 Å². The van der Waals surface area contributed by atoms with Crippen LogP contribution >= 0.6 is 15.9 Å². The molecule has 1 heterocycles. The quantitative estimate of drug-likeness (QED) is 0.636. The average molecular weight is 195 g/mol. The maximum atomic E-state index is 5.28. The summed E-state index contributed by atoms with van der Waals surface area (Å²) in [6.45, 7) is 1.62. The van der Waals surface area contributed by atoms with Gasteiger partial charge >= 0.3 is 0 Å². The van der Waals surface area contributed by atoms with Crippen LogP contribution in [-0.4, -0.2) is 24.8 Å². The first-order valence-corrected chi connectivity index (χ1v) is 4.35. The van der Waals surface area contributed by atoms with Gasteiger partial charge in [0.25, 0.3) is 0 Å². The Morgan fingerprint density at radius 1 is 1.67 bits per heavy atom. The van der Waals surface area contributed by atoms with Gasteiger partial charge in [0, 0.05) is 18.4 Å². The number of halogens is 1. The van der Waals surface area contributed by atoms with Crippen LogP contribution < -0.4 is 0 Å². The van der Waals surface area contributed by atoms with Crippen LogP contribution in [0, 0.1) is 0 Å². The molecular formula is C6H11BrO2. The van der Waals surface area contributed by atoms with Crippen LogP contribution in [-0.2, 0) is 9.47 Å². The molecule has 1 fully saturated rings. The molecule has 0 radical (unpaired) electrons. The van der Waals surface area contributed by atoms with Crippen LogP contribution in [0.15, 0.2) is 0 Å². The van der Waals surface area contributed by atoms with Gasteiger partial charge in [0.1, 0.15) is 0 Å². The van der Waals surface area contributed by atoms with E-state index in [9.17, 15) is 0 Å². The van der Waals surface area contributed by atoms with Crippen molar-refractivity contribution in [3.63, 3.8) is 0 Å². The average Bonchev–Trinajstić information content (AvgIpc) is 2.34. The van der Waals surface area contributed by atoms with Gasteiger partial charge in [-0.1, -0.05) is 15.9 Å². The fourth-order valence-electron chi connectivity index (χ4n) is 0.856. The fourth-order valence-corrected chi connectivity index (χ4v) is 1.04. The van der Waals surface area contributed by atoms with Gasteiger partial charge in [-0.3, -0.25) is 0 Å². The Bertz CT molecular complexity index is 71.5. The first-order valence-electron chi connectivity index (χ1n) is 3.22. The highest BCUT2D eigenvalue weighted by Gasteiger charge is 2.14. The molecule has 0 aromatic carbocycles. The van der Waals surface area contributed by atoms with Crippen molar-refractivity contribution in [3.05, 3.63) is 0 Å². The molecule has 0 spiro atoms. The third-order valence-electron chi connectivity index (χ3n) is 1.27. The second kappa shape index (κ2) is 4.25. The summed E-state index contributed by atoms with van der Waals surface area (Å²) in [7, 11) is 0. The van der Waals surface area contributed by atoms with E-state index in [1.807, 2.05) is 0 Å². The fraction of sp³-hybridized carbons (Fsp3) is 1.00.